The predicted molar refractivity (Wildman–Crippen MR) is 91.3 cm³/mol. The van der Waals surface area contributed by atoms with Crippen LogP contribution in [0.3, 0.4) is 0 Å². The summed E-state index contributed by atoms with van der Waals surface area (Å²) >= 11 is 12.3. The lowest BCUT2D eigenvalue weighted by Gasteiger charge is -2.10. The van der Waals surface area contributed by atoms with Crippen molar-refractivity contribution in [3.05, 3.63) is 69.7 Å². The third-order valence-corrected chi connectivity index (χ3v) is 4.14. The van der Waals surface area contributed by atoms with Gasteiger partial charge in [0.05, 0.1) is 22.3 Å². The molecule has 1 aliphatic heterocycles. The van der Waals surface area contributed by atoms with Crippen molar-refractivity contribution < 1.29 is 9.63 Å². The maximum Gasteiger partial charge on any atom is 0.251 e. The fourth-order valence-electron chi connectivity index (χ4n) is 2.36. The first-order valence-corrected chi connectivity index (χ1v) is 7.91. The molecule has 1 heterocycles. The number of carbonyl (C=O) groups is 1. The van der Waals surface area contributed by atoms with E-state index in [-0.39, 0.29) is 12.0 Å². The highest BCUT2D eigenvalue weighted by Gasteiger charge is 2.25. The van der Waals surface area contributed by atoms with Gasteiger partial charge < -0.3 is 10.2 Å². The van der Waals surface area contributed by atoms with E-state index < -0.39 is 0 Å². The minimum Gasteiger partial charge on any atom is -0.390 e. The Bertz CT molecular complexity index is 727. The van der Waals surface area contributed by atoms with Gasteiger partial charge in [0.2, 0.25) is 0 Å². The molecule has 1 unspecified atom stereocenters. The largest absolute Gasteiger partial charge is 0.390 e. The van der Waals surface area contributed by atoms with E-state index >= 15 is 0 Å². The zero-order valence-electron chi connectivity index (χ0n) is 12.1. The molecular weight excluding hydrogens is 335 g/mol. The van der Waals surface area contributed by atoms with Crippen LogP contribution in [0.15, 0.2) is 53.7 Å². The first-order valence-electron chi connectivity index (χ1n) is 7.15. The molecule has 0 aromatic heterocycles. The standard InChI is InChI=1S/C17H14Cl2N2O2/c18-13-7-4-8-14(19)16(13)15-9-12(23-21-15)10-20-17(22)11-5-2-1-3-6-11/h1-8,12H,9-10H2,(H,20,22). The molecule has 23 heavy (non-hydrogen) atoms. The SMILES string of the molecule is O=C(NCC1CC(c2c(Cl)cccc2Cl)=NO1)c1ccccc1. The van der Waals surface area contributed by atoms with Crippen LogP contribution in [0.2, 0.25) is 10.0 Å². The Morgan fingerprint density at radius 3 is 2.52 bits per heavy atom. The lowest BCUT2D eigenvalue weighted by atomic mass is 10.0. The summed E-state index contributed by atoms with van der Waals surface area (Å²) < 4.78 is 0. The van der Waals surface area contributed by atoms with Crippen molar-refractivity contribution in [1.82, 2.24) is 5.32 Å². The van der Waals surface area contributed by atoms with Gasteiger partial charge in [0.25, 0.3) is 5.91 Å². The summed E-state index contributed by atoms with van der Waals surface area (Å²) in [5, 5.41) is 7.97. The highest BCUT2D eigenvalue weighted by molar-refractivity contribution is 6.40. The molecule has 6 heteroatoms. The van der Waals surface area contributed by atoms with Crippen molar-refractivity contribution in [3.63, 3.8) is 0 Å². The smallest absolute Gasteiger partial charge is 0.251 e. The lowest BCUT2D eigenvalue weighted by molar-refractivity contribution is 0.0753. The fraction of sp³-hybridized carbons (Fsp3) is 0.176. The number of hydrogen-bond acceptors (Lipinski definition) is 3. The molecule has 1 aliphatic rings. The van der Waals surface area contributed by atoms with E-state index in [1.807, 2.05) is 18.2 Å². The maximum atomic E-state index is 12.0. The maximum absolute atomic E-state index is 12.0. The fourth-order valence-corrected chi connectivity index (χ4v) is 2.97. The van der Waals surface area contributed by atoms with Crippen molar-refractivity contribution in [2.24, 2.45) is 5.16 Å². The first-order chi connectivity index (χ1) is 11.1. The number of carbonyl (C=O) groups excluding carboxylic acids is 1. The lowest BCUT2D eigenvalue weighted by Crippen LogP contribution is -2.32. The predicted octanol–water partition coefficient (Wildman–Crippen LogP) is 3.92. The van der Waals surface area contributed by atoms with Gasteiger partial charge in [-0.25, -0.2) is 0 Å². The molecule has 2 aromatic carbocycles. The molecule has 0 aliphatic carbocycles. The van der Waals surface area contributed by atoms with Crippen LogP contribution < -0.4 is 5.32 Å². The Balaban J connectivity index is 1.59. The zero-order chi connectivity index (χ0) is 16.2. The number of nitrogens with one attached hydrogen (secondary N) is 1. The number of amides is 1. The van der Waals surface area contributed by atoms with Crippen molar-refractivity contribution in [2.45, 2.75) is 12.5 Å². The summed E-state index contributed by atoms with van der Waals surface area (Å²) in [6.07, 6.45) is 0.309. The molecule has 3 rings (SSSR count). The van der Waals surface area contributed by atoms with E-state index in [2.05, 4.69) is 10.5 Å². The average molecular weight is 349 g/mol. The molecule has 4 nitrogen and oxygen atoms in total. The second-order valence-corrected chi connectivity index (χ2v) is 5.96. The Hall–Kier alpha value is -2.04. The second-order valence-electron chi connectivity index (χ2n) is 5.14. The molecule has 1 atom stereocenters. The van der Waals surface area contributed by atoms with E-state index in [1.54, 1.807) is 30.3 Å². The summed E-state index contributed by atoms with van der Waals surface area (Å²) in [6, 6.07) is 14.3. The van der Waals surface area contributed by atoms with Gasteiger partial charge in [-0.15, -0.1) is 0 Å². The molecule has 1 N–H and O–H groups in total. The van der Waals surface area contributed by atoms with Crippen molar-refractivity contribution in [1.29, 1.82) is 0 Å². The van der Waals surface area contributed by atoms with E-state index in [0.717, 1.165) is 0 Å². The number of rotatable bonds is 4. The number of nitrogens with zero attached hydrogens (tertiary/aromatic N) is 1. The molecule has 2 aromatic rings. The molecule has 0 saturated carbocycles. The number of oxime groups is 1. The molecule has 0 fully saturated rings. The van der Waals surface area contributed by atoms with Gasteiger partial charge in [-0.05, 0) is 24.3 Å². The molecule has 0 spiro atoms. The quantitative estimate of drug-likeness (QED) is 0.910. The normalized spacial score (nSPS) is 16.6. The van der Waals surface area contributed by atoms with Crippen molar-refractivity contribution in [2.75, 3.05) is 6.54 Å². The van der Waals surface area contributed by atoms with Crippen LogP contribution in [-0.4, -0.2) is 24.3 Å². The second kappa shape index (κ2) is 7.02. The topological polar surface area (TPSA) is 50.7 Å². The molecule has 118 valence electrons. The monoisotopic (exact) mass is 348 g/mol. The third kappa shape index (κ3) is 3.66. The number of hydrogen-bond donors (Lipinski definition) is 1. The number of halogens is 2. The van der Waals surface area contributed by atoms with Crippen LogP contribution >= 0.6 is 23.2 Å². The molecule has 0 bridgehead atoms. The summed E-state index contributed by atoms with van der Waals surface area (Å²) in [4.78, 5) is 17.4. The van der Waals surface area contributed by atoms with Gasteiger partial charge >= 0.3 is 0 Å². The molecule has 0 saturated heterocycles. The van der Waals surface area contributed by atoms with Gasteiger partial charge in [-0.3, -0.25) is 4.79 Å². The Kier molecular flexibility index (Phi) is 4.84. The van der Waals surface area contributed by atoms with Crippen LogP contribution in [-0.2, 0) is 4.84 Å². The van der Waals surface area contributed by atoms with E-state index in [4.69, 9.17) is 28.0 Å². The average Bonchev–Trinajstić information content (AvgIpc) is 3.02. The molecular formula is C17H14Cl2N2O2. The van der Waals surface area contributed by atoms with Crippen molar-refractivity contribution in [3.8, 4) is 0 Å². The van der Waals surface area contributed by atoms with Crippen LogP contribution in [0.5, 0.6) is 0 Å². The van der Waals surface area contributed by atoms with Crippen LogP contribution in [0, 0.1) is 0 Å². The summed E-state index contributed by atoms with van der Waals surface area (Å²) in [6.45, 7) is 0.364. The minimum absolute atomic E-state index is 0.140. The highest BCUT2D eigenvalue weighted by atomic mass is 35.5. The molecule has 0 radical (unpaired) electrons. The van der Waals surface area contributed by atoms with Gasteiger partial charge in [0.1, 0.15) is 6.10 Å². The Labute approximate surface area is 144 Å². The third-order valence-electron chi connectivity index (χ3n) is 3.51. The van der Waals surface area contributed by atoms with Gasteiger partial charge in [0, 0.05) is 17.5 Å². The first kappa shape index (κ1) is 15.8. The van der Waals surface area contributed by atoms with Gasteiger partial charge in [-0.2, -0.15) is 0 Å². The van der Waals surface area contributed by atoms with E-state index in [0.29, 0.717) is 39.8 Å². The Morgan fingerprint density at radius 1 is 1.13 bits per heavy atom. The van der Waals surface area contributed by atoms with Crippen LogP contribution in [0.4, 0.5) is 0 Å². The number of benzene rings is 2. The summed E-state index contributed by atoms with van der Waals surface area (Å²) in [5.41, 5.74) is 1.99. The molecule has 1 amide bonds. The van der Waals surface area contributed by atoms with Crippen molar-refractivity contribution >= 4 is 34.8 Å². The van der Waals surface area contributed by atoms with Crippen LogP contribution in [0.25, 0.3) is 0 Å². The minimum atomic E-state index is -0.231. The van der Waals surface area contributed by atoms with Gasteiger partial charge in [-0.1, -0.05) is 52.6 Å². The van der Waals surface area contributed by atoms with Crippen LogP contribution in [0.1, 0.15) is 22.3 Å². The highest BCUT2D eigenvalue weighted by Crippen LogP contribution is 2.29. The zero-order valence-corrected chi connectivity index (χ0v) is 13.6. The Morgan fingerprint density at radius 2 is 1.83 bits per heavy atom. The van der Waals surface area contributed by atoms with E-state index in [9.17, 15) is 4.79 Å². The summed E-state index contributed by atoms with van der Waals surface area (Å²) in [7, 11) is 0. The summed E-state index contributed by atoms with van der Waals surface area (Å²) in [5.74, 6) is -0.140. The van der Waals surface area contributed by atoms with Gasteiger partial charge in [0.15, 0.2) is 0 Å². The van der Waals surface area contributed by atoms with E-state index in [1.165, 1.54) is 0 Å².